The summed E-state index contributed by atoms with van der Waals surface area (Å²) in [6.07, 6.45) is 1.83. The van der Waals surface area contributed by atoms with Crippen molar-refractivity contribution in [3.05, 3.63) is 59.2 Å². The third kappa shape index (κ3) is 7.45. The van der Waals surface area contributed by atoms with Gasteiger partial charge in [-0.05, 0) is 69.0 Å². The molecule has 0 radical (unpaired) electrons. The van der Waals surface area contributed by atoms with Gasteiger partial charge in [0.1, 0.15) is 18.3 Å². The summed E-state index contributed by atoms with van der Waals surface area (Å²) >= 11 is 0. The normalized spacial score (nSPS) is 13.0. The summed E-state index contributed by atoms with van der Waals surface area (Å²) in [5.41, 5.74) is 2.93. The molecule has 0 bridgehead atoms. The molecule has 2 aromatic carbocycles. The van der Waals surface area contributed by atoms with Crippen LogP contribution in [-0.4, -0.2) is 57.1 Å². The van der Waals surface area contributed by atoms with E-state index in [-0.39, 0.29) is 18.5 Å². The van der Waals surface area contributed by atoms with Gasteiger partial charge in [0.15, 0.2) is 0 Å². The van der Waals surface area contributed by atoms with Crippen LogP contribution in [0.15, 0.2) is 42.5 Å². The zero-order chi connectivity index (χ0) is 26.3. The number of methoxy groups -OCH3 is 1. The molecule has 2 aromatic rings. The Morgan fingerprint density at radius 2 is 1.69 bits per heavy atom. The molecule has 0 aliphatic heterocycles. The third-order valence-corrected chi connectivity index (χ3v) is 7.33. The van der Waals surface area contributed by atoms with Crippen molar-refractivity contribution in [3.8, 4) is 5.75 Å². The number of amides is 2. The third-order valence-electron chi connectivity index (χ3n) is 6.20. The number of hydrogen-bond acceptors (Lipinski definition) is 5. The van der Waals surface area contributed by atoms with Gasteiger partial charge in [0, 0.05) is 12.6 Å². The molecule has 9 heteroatoms. The number of carbonyl (C=O) groups is 2. The predicted octanol–water partition coefficient (Wildman–Crippen LogP) is 3.41. The van der Waals surface area contributed by atoms with Crippen molar-refractivity contribution in [1.82, 2.24) is 10.2 Å². The molecule has 0 saturated heterocycles. The highest BCUT2D eigenvalue weighted by Gasteiger charge is 2.31. The van der Waals surface area contributed by atoms with Crippen LogP contribution in [0.3, 0.4) is 0 Å². The van der Waals surface area contributed by atoms with E-state index in [9.17, 15) is 18.0 Å². The van der Waals surface area contributed by atoms with Gasteiger partial charge in [0.2, 0.25) is 21.8 Å². The van der Waals surface area contributed by atoms with E-state index in [1.807, 2.05) is 45.9 Å². The minimum absolute atomic E-state index is 0.0506. The molecular formula is C26H37N3O5S. The molecule has 0 aliphatic rings. The lowest BCUT2D eigenvalue weighted by atomic mass is 10.1. The van der Waals surface area contributed by atoms with E-state index in [1.54, 1.807) is 38.3 Å². The van der Waals surface area contributed by atoms with E-state index in [0.29, 0.717) is 11.4 Å². The maximum Gasteiger partial charge on any atom is 0.244 e. The molecule has 2 atom stereocenters. The van der Waals surface area contributed by atoms with Crippen LogP contribution in [0, 0.1) is 13.8 Å². The molecule has 2 rings (SSSR count). The smallest absolute Gasteiger partial charge is 0.244 e. The van der Waals surface area contributed by atoms with Crippen LogP contribution in [0.5, 0.6) is 5.75 Å². The van der Waals surface area contributed by atoms with E-state index < -0.39 is 28.5 Å². The zero-order valence-electron chi connectivity index (χ0n) is 21.7. The molecule has 0 aliphatic carbocycles. The van der Waals surface area contributed by atoms with Gasteiger partial charge >= 0.3 is 0 Å². The molecule has 0 fully saturated rings. The lowest BCUT2D eigenvalue weighted by Gasteiger charge is -2.32. The Kier molecular flexibility index (Phi) is 9.71. The van der Waals surface area contributed by atoms with Crippen LogP contribution < -0.4 is 14.4 Å². The van der Waals surface area contributed by atoms with E-state index >= 15 is 0 Å². The molecule has 2 unspecified atom stereocenters. The van der Waals surface area contributed by atoms with Crippen molar-refractivity contribution in [2.75, 3.05) is 24.2 Å². The quantitative estimate of drug-likeness (QED) is 0.507. The maximum absolute atomic E-state index is 13.6. The predicted molar refractivity (Wildman–Crippen MR) is 139 cm³/mol. The monoisotopic (exact) mass is 503 g/mol. The van der Waals surface area contributed by atoms with Crippen LogP contribution in [0.1, 0.15) is 43.9 Å². The molecule has 1 N–H and O–H groups in total. The van der Waals surface area contributed by atoms with Crippen molar-refractivity contribution < 1.29 is 22.7 Å². The number of ether oxygens (including phenoxy) is 1. The number of nitrogens with one attached hydrogen (secondary N) is 1. The number of rotatable bonds is 11. The average molecular weight is 504 g/mol. The van der Waals surface area contributed by atoms with E-state index in [0.717, 1.165) is 33.7 Å². The topological polar surface area (TPSA) is 96.0 Å². The molecule has 192 valence electrons. The highest BCUT2D eigenvalue weighted by Crippen LogP contribution is 2.25. The number of sulfonamides is 1. The summed E-state index contributed by atoms with van der Waals surface area (Å²) in [5.74, 6) is -0.0924. The first-order chi connectivity index (χ1) is 16.4. The minimum Gasteiger partial charge on any atom is -0.497 e. The Hall–Kier alpha value is -3.07. The second kappa shape index (κ2) is 12.1. The van der Waals surface area contributed by atoms with Gasteiger partial charge in [-0.25, -0.2) is 8.42 Å². The molecule has 0 spiro atoms. The van der Waals surface area contributed by atoms with Crippen LogP contribution in [0.25, 0.3) is 0 Å². The summed E-state index contributed by atoms with van der Waals surface area (Å²) < 4.78 is 31.8. The number of anilines is 1. The first-order valence-corrected chi connectivity index (χ1v) is 13.5. The van der Waals surface area contributed by atoms with Crippen molar-refractivity contribution in [1.29, 1.82) is 0 Å². The highest BCUT2D eigenvalue weighted by atomic mass is 32.2. The molecule has 2 amide bonds. The van der Waals surface area contributed by atoms with Crippen molar-refractivity contribution in [2.45, 2.75) is 59.7 Å². The number of benzene rings is 2. The number of carbonyl (C=O) groups excluding carboxylic acids is 2. The lowest BCUT2D eigenvalue weighted by molar-refractivity contribution is -0.139. The summed E-state index contributed by atoms with van der Waals surface area (Å²) in [6.45, 7) is 8.95. The number of aryl methyl sites for hydroxylation is 1. The minimum atomic E-state index is -3.77. The fourth-order valence-corrected chi connectivity index (χ4v) is 4.48. The Labute approximate surface area is 209 Å². The first kappa shape index (κ1) is 28.2. The Bertz CT molecular complexity index is 1130. The number of hydrogen-bond donors (Lipinski definition) is 1. The standard InChI is InChI=1S/C26H37N3O5S/c1-8-19(3)27-26(31)21(5)28(16-22-12-14-23(34-6)15-13-22)25(30)17-29(35(7,32)33)24-11-9-10-18(2)20(24)4/h9-15,19,21H,8,16-17H2,1-7H3,(H,27,31). The molecular weight excluding hydrogens is 466 g/mol. The average Bonchev–Trinajstić information content (AvgIpc) is 2.81. The van der Waals surface area contributed by atoms with Crippen LogP contribution >= 0.6 is 0 Å². The van der Waals surface area contributed by atoms with Gasteiger partial charge in [-0.2, -0.15) is 0 Å². The van der Waals surface area contributed by atoms with Gasteiger partial charge < -0.3 is 15.0 Å². The highest BCUT2D eigenvalue weighted by molar-refractivity contribution is 7.92. The largest absolute Gasteiger partial charge is 0.497 e. The SMILES string of the molecule is CCC(C)NC(=O)C(C)N(Cc1ccc(OC)cc1)C(=O)CN(c1cccc(C)c1C)S(C)(=O)=O. The van der Waals surface area contributed by atoms with Gasteiger partial charge in [-0.1, -0.05) is 31.2 Å². The van der Waals surface area contributed by atoms with Crippen molar-refractivity contribution >= 4 is 27.5 Å². The fraction of sp³-hybridized carbons (Fsp3) is 0.462. The van der Waals surface area contributed by atoms with Crippen LogP contribution in [-0.2, 0) is 26.2 Å². The summed E-state index contributed by atoms with van der Waals surface area (Å²) in [6, 6.07) is 11.7. The fourth-order valence-electron chi connectivity index (χ4n) is 3.58. The van der Waals surface area contributed by atoms with Crippen molar-refractivity contribution in [2.24, 2.45) is 0 Å². The Balaban J connectivity index is 2.42. The van der Waals surface area contributed by atoms with E-state index in [4.69, 9.17) is 4.74 Å². The Morgan fingerprint density at radius 3 is 2.23 bits per heavy atom. The maximum atomic E-state index is 13.6. The second-order valence-corrected chi connectivity index (χ2v) is 10.8. The second-order valence-electron chi connectivity index (χ2n) is 8.85. The van der Waals surface area contributed by atoms with E-state index in [1.165, 1.54) is 4.90 Å². The van der Waals surface area contributed by atoms with Gasteiger partial charge in [-0.15, -0.1) is 0 Å². The van der Waals surface area contributed by atoms with E-state index in [2.05, 4.69) is 5.32 Å². The van der Waals surface area contributed by atoms with Crippen LogP contribution in [0.2, 0.25) is 0 Å². The van der Waals surface area contributed by atoms with Crippen molar-refractivity contribution in [3.63, 3.8) is 0 Å². The molecule has 0 aromatic heterocycles. The first-order valence-electron chi connectivity index (χ1n) is 11.7. The van der Waals surface area contributed by atoms with Gasteiger partial charge in [0.05, 0.1) is 19.1 Å². The summed E-state index contributed by atoms with van der Waals surface area (Å²) in [5, 5.41) is 2.92. The Morgan fingerprint density at radius 1 is 1.06 bits per heavy atom. The molecule has 35 heavy (non-hydrogen) atoms. The van der Waals surface area contributed by atoms with Gasteiger partial charge in [0.25, 0.3) is 0 Å². The summed E-state index contributed by atoms with van der Waals surface area (Å²) in [4.78, 5) is 28.0. The lowest BCUT2D eigenvalue weighted by Crippen LogP contribution is -2.52. The summed E-state index contributed by atoms with van der Waals surface area (Å²) in [7, 11) is -2.20. The molecule has 0 heterocycles. The zero-order valence-corrected chi connectivity index (χ0v) is 22.5. The molecule has 8 nitrogen and oxygen atoms in total. The number of nitrogens with zero attached hydrogens (tertiary/aromatic N) is 2. The molecule has 0 saturated carbocycles. The van der Waals surface area contributed by atoms with Crippen LogP contribution in [0.4, 0.5) is 5.69 Å². The van der Waals surface area contributed by atoms with Gasteiger partial charge in [-0.3, -0.25) is 13.9 Å².